The van der Waals surface area contributed by atoms with Gasteiger partial charge < -0.3 is 11.5 Å². The average molecular weight is 251 g/mol. The topological polar surface area (TPSA) is 110 Å². The van der Waals surface area contributed by atoms with Gasteiger partial charge in [0.2, 0.25) is 0 Å². The van der Waals surface area contributed by atoms with Gasteiger partial charge in [0.15, 0.2) is 0 Å². The summed E-state index contributed by atoms with van der Waals surface area (Å²) in [4.78, 5) is 14.2. The molecule has 6 heteroatoms. The van der Waals surface area contributed by atoms with Gasteiger partial charge in [-0.25, -0.2) is 0 Å². The lowest BCUT2D eigenvalue weighted by atomic mass is 9.91. The first-order valence-electron chi connectivity index (χ1n) is 5.87. The summed E-state index contributed by atoms with van der Waals surface area (Å²) in [5.74, 6) is 0. The molecular weight excluding hydrogens is 227 g/mol. The molecule has 0 aromatic heterocycles. The maximum absolute atomic E-state index is 8.70. The van der Waals surface area contributed by atoms with Crippen molar-refractivity contribution < 1.29 is 14.4 Å². The number of hydrogen-bond donors (Lipinski definition) is 4. The van der Waals surface area contributed by atoms with Crippen LogP contribution in [0.1, 0.15) is 57.8 Å². The minimum absolute atomic E-state index is 0.321. The van der Waals surface area contributed by atoms with Crippen LogP contribution in [0.25, 0.3) is 0 Å². The van der Waals surface area contributed by atoms with Crippen LogP contribution in [0.2, 0.25) is 0 Å². The molecule has 0 amide bonds. The van der Waals surface area contributed by atoms with E-state index in [1.165, 1.54) is 44.9 Å². The van der Waals surface area contributed by atoms with Crippen LogP contribution in [0.3, 0.4) is 0 Å². The van der Waals surface area contributed by atoms with E-state index >= 15 is 0 Å². The predicted octanol–water partition coefficient (Wildman–Crippen LogP) is 1.75. The van der Waals surface area contributed by atoms with Crippen LogP contribution in [-0.4, -0.2) is 15.4 Å². The molecule has 0 aromatic carbocycles. The lowest BCUT2D eigenvalue weighted by molar-refractivity contribution is 0.306. The second-order valence-electron chi connectivity index (χ2n) is 4.46. The summed E-state index contributed by atoms with van der Waals surface area (Å²) in [6.07, 6.45) is 11.8. The van der Waals surface area contributed by atoms with Gasteiger partial charge in [0, 0.05) is 4.57 Å². The molecule has 2 saturated carbocycles. The monoisotopic (exact) mass is 251 g/mol. The first-order valence-corrected chi connectivity index (χ1v) is 7.03. The highest BCUT2D eigenvalue weighted by atomic mass is 31.1. The van der Waals surface area contributed by atoms with E-state index < -0.39 is 8.25 Å². The Bertz CT molecular complexity index is 181. The Labute approximate surface area is 98.2 Å². The van der Waals surface area contributed by atoms with Crippen molar-refractivity contribution in [1.82, 2.24) is 0 Å². The molecule has 2 fully saturated rings. The highest BCUT2D eigenvalue weighted by Gasteiger charge is 2.21. The highest BCUT2D eigenvalue weighted by Crippen LogP contribution is 2.20. The number of nitrogens with two attached hydrogens (primary N) is 2. The van der Waals surface area contributed by atoms with Gasteiger partial charge in [-0.1, -0.05) is 44.9 Å². The summed E-state index contributed by atoms with van der Waals surface area (Å²) >= 11 is 0. The molecule has 0 atom stereocenters. The van der Waals surface area contributed by atoms with Crippen LogP contribution in [-0.2, 0) is 4.57 Å². The second kappa shape index (κ2) is 9.02. The zero-order chi connectivity index (χ0) is 12.4. The van der Waals surface area contributed by atoms with Crippen molar-refractivity contribution in [2.45, 2.75) is 63.5 Å². The van der Waals surface area contributed by atoms with Crippen molar-refractivity contribution in [1.29, 1.82) is 0 Å². The molecule has 0 spiro atoms. The molecule has 0 bridgehead atoms. The molecule has 2 aliphatic carbocycles. The van der Waals surface area contributed by atoms with Gasteiger partial charge in [-0.15, -0.1) is 9.79 Å². The Kier molecular flexibility index (Phi) is 8.99. The molecule has 96 valence electrons. The van der Waals surface area contributed by atoms with Gasteiger partial charge in [0.25, 0.3) is 0 Å². The van der Waals surface area contributed by atoms with Crippen LogP contribution in [0, 0.1) is 0 Å². The molecule has 0 aliphatic heterocycles. The molecular formula is C10H24N2O3P+. The van der Waals surface area contributed by atoms with Crippen LogP contribution < -0.4 is 11.5 Å². The first-order chi connectivity index (χ1) is 7.44. The fraction of sp³-hybridized carbons (Fsp3) is 1.00. The molecule has 0 radical (unpaired) electrons. The van der Waals surface area contributed by atoms with Gasteiger partial charge in [-0.3, -0.25) is 0 Å². The Hall–Kier alpha value is -0.0600. The first kappa shape index (κ1) is 15.9. The largest absolute Gasteiger partial charge is 0.692 e. The van der Waals surface area contributed by atoms with Gasteiger partial charge in [0.1, 0.15) is 0 Å². The van der Waals surface area contributed by atoms with Gasteiger partial charge in [0.05, 0.1) is 5.66 Å². The molecule has 5 nitrogen and oxygen atoms in total. The SMILES string of the molecule is C1CCC1.NC1(N)CCCCC1.O=[P+](O)O. The molecule has 2 rings (SSSR count). The third kappa shape index (κ3) is 12.0. The van der Waals surface area contributed by atoms with Crippen molar-refractivity contribution in [2.75, 3.05) is 0 Å². The maximum atomic E-state index is 8.70. The van der Waals surface area contributed by atoms with E-state index in [1.54, 1.807) is 0 Å². The third-order valence-electron chi connectivity index (χ3n) is 2.78. The lowest BCUT2D eigenvalue weighted by Gasteiger charge is -2.28. The van der Waals surface area contributed by atoms with Crippen molar-refractivity contribution in [3.8, 4) is 0 Å². The van der Waals surface area contributed by atoms with E-state index in [1.807, 2.05) is 0 Å². The Morgan fingerprint density at radius 3 is 1.19 bits per heavy atom. The minimum Gasteiger partial charge on any atom is -0.313 e. The van der Waals surface area contributed by atoms with Crippen molar-refractivity contribution in [2.24, 2.45) is 11.5 Å². The standard InChI is InChI=1S/C6H14N2.C4H8.HO3P/c7-6(8)4-2-1-3-5-6;1-2-4-3-1;1-4(2)3/h1-5,7-8H2;1-4H2;(H-,1,2,3)/p+1. The Balaban J connectivity index is 0.000000237. The van der Waals surface area contributed by atoms with Crippen LogP contribution >= 0.6 is 8.25 Å². The quantitative estimate of drug-likeness (QED) is 0.387. The van der Waals surface area contributed by atoms with E-state index in [0.717, 1.165) is 12.8 Å². The van der Waals surface area contributed by atoms with Gasteiger partial charge in [-0.2, -0.15) is 0 Å². The normalized spacial score (nSPS) is 21.5. The smallest absolute Gasteiger partial charge is 0.313 e. The molecule has 0 saturated heterocycles. The van der Waals surface area contributed by atoms with E-state index in [4.69, 9.17) is 25.8 Å². The molecule has 0 unspecified atom stereocenters. The van der Waals surface area contributed by atoms with Crippen molar-refractivity contribution >= 4 is 8.25 Å². The molecule has 6 N–H and O–H groups in total. The summed E-state index contributed by atoms with van der Waals surface area (Å²) < 4.78 is 8.70. The molecule has 2 aliphatic rings. The fourth-order valence-electron chi connectivity index (χ4n) is 1.46. The van der Waals surface area contributed by atoms with Gasteiger partial charge >= 0.3 is 8.25 Å². The van der Waals surface area contributed by atoms with E-state index in [2.05, 4.69) is 0 Å². The average Bonchev–Trinajstić information content (AvgIpc) is 1.98. The number of hydrogen-bond acceptors (Lipinski definition) is 3. The van der Waals surface area contributed by atoms with Crippen molar-refractivity contribution in [3.05, 3.63) is 0 Å². The maximum Gasteiger partial charge on any atom is 0.692 e. The predicted molar refractivity (Wildman–Crippen MR) is 64.7 cm³/mol. The third-order valence-corrected chi connectivity index (χ3v) is 2.78. The summed E-state index contributed by atoms with van der Waals surface area (Å²) in [7, 11) is -2.87. The second-order valence-corrected chi connectivity index (χ2v) is 4.97. The summed E-state index contributed by atoms with van der Waals surface area (Å²) in [5.41, 5.74) is 11.0. The summed E-state index contributed by atoms with van der Waals surface area (Å²) in [5, 5.41) is 0. The lowest BCUT2D eigenvalue weighted by Crippen LogP contribution is -2.50. The number of rotatable bonds is 0. The van der Waals surface area contributed by atoms with Gasteiger partial charge in [-0.05, 0) is 12.8 Å². The van der Waals surface area contributed by atoms with Crippen LogP contribution in [0.4, 0.5) is 0 Å². The fourth-order valence-corrected chi connectivity index (χ4v) is 1.46. The zero-order valence-electron chi connectivity index (χ0n) is 9.77. The molecule has 0 heterocycles. The summed E-state index contributed by atoms with van der Waals surface area (Å²) in [6, 6.07) is 0. The summed E-state index contributed by atoms with van der Waals surface area (Å²) in [6.45, 7) is 0. The van der Waals surface area contributed by atoms with Crippen molar-refractivity contribution in [3.63, 3.8) is 0 Å². The van der Waals surface area contributed by atoms with Crippen LogP contribution in [0.5, 0.6) is 0 Å². The van der Waals surface area contributed by atoms with E-state index in [9.17, 15) is 0 Å². The molecule has 16 heavy (non-hydrogen) atoms. The Morgan fingerprint density at radius 1 is 0.812 bits per heavy atom. The highest BCUT2D eigenvalue weighted by molar-refractivity contribution is 7.30. The van der Waals surface area contributed by atoms with E-state index in [-0.39, 0.29) is 5.66 Å². The van der Waals surface area contributed by atoms with Crippen LogP contribution in [0.15, 0.2) is 0 Å². The minimum atomic E-state index is -2.87. The Morgan fingerprint density at radius 2 is 1.06 bits per heavy atom. The van der Waals surface area contributed by atoms with E-state index in [0.29, 0.717) is 0 Å². The zero-order valence-corrected chi connectivity index (χ0v) is 10.7. The molecule has 0 aromatic rings.